The molecule has 1 aliphatic heterocycles. The van der Waals surface area contributed by atoms with Gasteiger partial charge in [0.05, 0.1) is 24.4 Å². The lowest BCUT2D eigenvalue weighted by Gasteiger charge is -2.40. The number of pyridine rings is 1. The van der Waals surface area contributed by atoms with Crippen LogP contribution in [0.4, 0.5) is 5.69 Å². The number of nitrogens with zero attached hydrogens (tertiary/aromatic N) is 3. The molecule has 1 aliphatic rings. The van der Waals surface area contributed by atoms with Crippen LogP contribution in [0.5, 0.6) is 5.75 Å². The largest absolute Gasteiger partial charge is 0.507 e. The zero-order valence-corrected chi connectivity index (χ0v) is 20.2. The molecule has 2 aromatic heterocycles. The van der Waals surface area contributed by atoms with Crippen molar-refractivity contribution < 1.29 is 9.52 Å². The molecule has 1 N–H and O–H groups in total. The Balaban J connectivity index is 1.53. The third-order valence-electron chi connectivity index (χ3n) is 6.88. The number of aromatic hydroxyl groups is 1. The Morgan fingerprint density at radius 3 is 2.29 bits per heavy atom. The van der Waals surface area contributed by atoms with Gasteiger partial charge >= 0.3 is 0 Å². The van der Waals surface area contributed by atoms with Gasteiger partial charge in [0.1, 0.15) is 11.5 Å². The molecular weight excluding hydrogens is 438 g/mol. The van der Waals surface area contributed by atoms with Gasteiger partial charge in [0.25, 0.3) is 5.56 Å². The average molecular weight is 470 g/mol. The number of hydrogen-bond donors (Lipinski definition) is 1. The zero-order valence-electron chi connectivity index (χ0n) is 20.2. The molecule has 180 valence electrons. The Labute approximate surface area is 205 Å². The summed E-state index contributed by atoms with van der Waals surface area (Å²) in [6, 6.07) is 23.7. The van der Waals surface area contributed by atoms with E-state index in [1.807, 2.05) is 25.1 Å². The summed E-state index contributed by atoms with van der Waals surface area (Å²) in [6.45, 7) is 7.47. The molecule has 0 aliphatic carbocycles. The molecule has 1 atom stereocenters. The van der Waals surface area contributed by atoms with Crippen molar-refractivity contribution in [1.29, 1.82) is 0 Å². The van der Waals surface area contributed by atoms with Crippen molar-refractivity contribution in [2.24, 2.45) is 0 Å². The van der Waals surface area contributed by atoms with Gasteiger partial charge in [-0.3, -0.25) is 9.69 Å². The Morgan fingerprint density at radius 2 is 1.63 bits per heavy atom. The quantitative estimate of drug-likeness (QED) is 0.443. The summed E-state index contributed by atoms with van der Waals surface area (Å²) in [5.41, 5.74) is 4.30. The number of hydrogen-bond acceptors (Lipinski definition) is 5. The van der Waals surface area contributed by atoms with Gasteiger partial charge in [-0.25, -0.2) is 0 Å². The van der Waals surface area contributed by atoms with Crippen LogP contribution < -0.4 is 10.5 Å². The fourth-order valence-corrected chi connectivity index (χ4v) is 4.97. The van der Waals surface area contributed by atoms with Gasteiger partial charge in [-0.2, -0.15) is 0 Å². The van der Waals surface area contributed by atoms with Gasteiger partial charge in [-0.1, -0.05) is 48.0 Å². The number of aryl methyl sites for hydroxylation is 2. The summed E-state index contributed by atoms with van der Waals surface area (Å²) in [5.74, 6) is 0.745. The second-order valence-corrected chi connectivity index (χ2v) is 9.23. The minimum atomic E-state index is -0.343. The topological polar surface area (TPSA) is 61.9 Å². The second-order valence-electron chi connectivity index (χ2n) is 9.23. The van der Waals surface area contributed by atoms with Gasteiger partial charge in [-0.05, 0) is 49.7 Å². The smallest absolute Gasteiger partial charge is 0.260 e. The first-order chi connectivity index (χ1) is 17.0. The van der Waals surface area contributed by atoms with E-state index in [0.29, 0.717) is 23.6 Å². The summed E-state index contributed by atoms with van der Waals surface area (Å²) >= 11 is 0. The van der Waals surface area contributed by atoms with Crippen molar-refractivity contribution in [3.63, 3.8) is 0 Å². The number of para-hydroxylation sites is 1. The van der Waals surface area contributed by atoms with Crippen molar-refractivity contribution in [2.75, 3.05) is 31.1 Å². The SMILES string of the molecule is Cc1ccc([C@H](c2c(O)cc(C)n(Cc3ccco3)c2=O)N2CCN(c3ccccc3)CC2)cc1. The number of piperazine rings is 1. The molecule has 0 amide bonds. The maximum absolute atomic E-state index is 13.9. The molecule has 5 rings (SSSR count). The van der Waals surface area contributed by atoms with Crippen LogP contribution in [-0.2, 0) is 6.54 Å². The molecule has 2 aromatic carbocycles. The molecule has 0 saturated carbocycles. The summed E-state index contributed by atoms with van der Waals surface area (Å²) in [7, 11) is 0. The van der Waals surface area contributed by atoms with Gasteiger partial charge < -0.3 is 19.0 Å². The predicted molar refractivity (Wildman–Crippen MR) is 138 cm³/mol. The molecular formula is C29H31N3O3. The number of furan rings is 1. The first-order valence-electron chi connectivity index (χ1n) is 12.1. The normalized spacial score (nSPS) is 15.3. The standard InChI is InChI=1S/C29H31N3O3/c1-21-10-12-23(13-11-21)28(31-16-14-30(15-17-31)24-7-4-3-5-8-24)27-26(33)19-22(2)32(29(27)34)20-25-9-6-18-35-25/h3-13,18-19,28,33H,14-17,20H2,1-2H3/t28-/m1/s1. The lowest BCUT2D eigenvalue weighted by Crippen LogP contribution is -2.49. The summed E-state index contributed by atoms with van der Waals surface area (Å²) < 4.78 is 7.20. The van der Waals surface area contributed by atoms with Crippen LogP contribution in [-0.4, -0.2) is 40.8 Å². The van der Waals surface area contributed by atoms with E-state index in [9.17, 15) is 9.90 Å². The molecule has 0 unspecified atom stereocenters. The second kappa shape index (κ2) is 9.84. The summed E-state index contributed by atoms with van der Waals surface area (Å²) in [6.07, 6.45) is 1.61. The molecule has 1 saturated heterocycles. The minimum absolute atomic E-state index is 0.0410. The predicted octanol–water partition coefficient (Wildman–Crippen LogP) is 4.72. The molecule has 3 heterocycles. The number of anilines is 1. The maximum Gasteiger partial charge on any atom is 0.260 e. The Hall–Kier alpha value is -3.77. The van der Waals surface area contributed by atoms with Gasteiger partial charge in [-0.15, -0.1) is 0 Å². The Kier molecular flexibility index (Phi) is 6.47. The highest BCUT2D eigenvalue weighted by atomic mass is 16.3. The minimum Gasteiger partial charge on any atom is -0.507 e. The van der Waals surface area contributed by atoms with Crippen molar-refractivity contribution in [3.05, 3.63) is 118 Å². The Bertz CT molecular complexity index is 1320. The highest BCUT2D eigenvalue weighted by Crippen LogP contribution is 2.34. The number of benzene rings is 2. The monoisotopic (exact) mass is 469 g/mol. The van der Waals surface area contributed by atoms with Crippen LogP contribution in [0, 0.1) is 13.8 Å². The fourth-order valence-electron chi connectivity index (χ4n) is 4.97. The van der Waals surface area contributed by atoms with Gasteiger partial charge in [0, 0.05) is 37.6 Å². The first kappa shape index (κ1) is 23.0. The highest BCUT2D eigenvalue weighted by Gasteiger charge is 2.31. The fraction of sp³-hybridized carbons (Fsp3) is 0.276. The van der Waals surface area contributed by atoms with Crippen molar-refractivity contribution >= 4 is 5.69 Å². The molecule has 6 heteroatoms. The number of rotatable bonds is 6. The maximum atomic E-state index is 13.9. The lowest BCUT2D eigenvalue weighted by molar-refractivity contribution is 0.207. The van der Waals surface area contributed by atoms with E-state index in [2.05, 4.69) is 65.3 Å². The van der Waals surface area contributed by atoms with Crippen LogP contribution in [0.1, 0.15) is 34.2 Å². The van der Waals surface area contributed by atoms with E-state index in [0.717, 1.165) is 37.3 Å². The zero-order chi connectivity index (χ0) is 24.4. The summed E-state index contributed by atoms with van der Waals surface area (Å²) in [5, 5.41) is 11.1. The Morgan fingerprint density at radius 1 is 0.914 bits per heavy atom. The van der Waals surface area contributed by atoms with Crippen molar-refractivity contribution in [1.82, 2.24) is 9.47 Å². The van der Waals surface area contributed by atoms with E-state index in [1.165, 1.54) is 5.69 Å². The van der Waals surface area contributed by atoms with E-state index < -0.39 is 0 Å². The van der Waals surface area contributed by atoms with Crippen molar-refractivity contribution in [3.8, 4) is 5.75 Å². The van der Waals surface area contributed by atoms with Gasteiger partial charge in [0.15, 0.2) is 0 Å². The van der Waals surface area contributed by atoms with Crippen LogP contribution in [0.2, 0.25) is 0 Å². The molecule has 0 spiro atoms. The molecule has 0 radical (unpaired) electrons. The third kappa shape index (κ3) is 4.75. The van der Waals surface area contributed by atoms with E-state index >= 15 is 0 Å². The highest BCUT2D eigenvalue weighted by molar-refractivity contribution is 5.47. The van der Waals surface area contributed by atoms with Crippen LogP contribution in [0.3, 0.4) is 0 Å². The number of aromatic nitrogens is 1. The molecule has 4 aromatic rings. The lowest BCUT2D eigenvalue weighted by atomic mass is 9.95. The van der Waals surface area contributed by atoms with E-state index in [4.69, 9.17) is 4.42 Å². The third-order valence-corrected chi connectivity index (χ3v) is 6.88. The van der Waals surface area contributed by atoms with Crippen LogP contribution >= 0.6 is 0 Å². The van der Waals surface area contributed by atoms with E-state index in [-0.39, 0.29) is 17.4 Å². The van der Waals surface area contributed by atoms with E-state index in [1.54, 1.807) is 16.9 Å². The van der Waals surface area contributed by atoms with Crippen LogP contribution in [0.15, 0.2) is 88.3 Å². The molecule has 6 nitrogen and oxygen atoms in total. The van der Waals surface area contributed by atoms with Gasteiger partial charge in [0.2, 0.25) is 0 Å². The average Bonchev–Trinajstić information content (AvgIpc) is 3.39. The summed E-state index contributed by atoms with van der Waals surface area (Å²) in [4.78, 5) is 18.6. The first-order valence-corrected chi connectivity index (χ1v) is 12.1. The van der Waals surface area contributed by atoms with Crippen LogP contribution in [0.25, 0.3) is 0 Å². The molecule has 35 heavy (non-hydrogen) atoms. The molecule has 0 bridgehead atoms. The molecule has 1 fully saturated rings. The van der Waals surface area contributed by atoms with Crippen molar-refractivity contribution in [2.45, 2.75) is 26.4 Å².